The van der Waals surface area contributed by atoms with Gasteiger partial charge < -0.3 is 0 Å². The summed E-state index contributed by atoms with van der Waals surface area (Å²) in [5.41, 5.74) is 3.07. The summed E-state index contributed by atoms with van der Waals surface area (Å²) in [5.74, 6) is -1.13. The summed E-state index contributed by atoms with van der Waals surface area (Å²) in [4.78, 5) is 32.6. The van der Waals surface area contributed by atoms with Crippen LogP contribution in [0.2, 0.25) is 0 Å². The molecular weight excluding hydrogens is 500 g/mol. The fourth-order valence-electron chi connectivity index (χ4n) is 4.70. The summed E-state index contributed by atoms with van der Waals surface area (Å²) >= 11 is 0. The van der Waals surface area contributed by atoms with Crippen LogP contribution in [-0.4, -0.2) is 29.3 Å². The number of aromatic nitrogens is 1. The number of benzene rings is 4. The van der Waals surface area contributed by atoms with E-state index in [1.165, 1.54) is 10.2 Å². The van der Waals surface area contributed by atoms with Gasteiger partial charge in [0.2, 0.25) is 0 Å². The lowest BCUT2D eigenvalue weighted by Crippen LogP contribution is -2.32. The van der Waals surface area contributed by atoms with Crippen molar-refractivity contribution in [1.82, 2.24) is 9.04 Å². The third kappa shape index (κ3) is 3.82. The molecule has 0 saturated heterocycles. The highest BCUT2D eigenvalue weighted by Gasteiger charge is 2.39. The molecule has 1 aromatic heterocycles. The molecule has 0 N–H and O–H groups in total. The average molecular weight is 523 g/mol. The second-order valence-corrected chi connectivity index (χ2v) is 10.9. The first-order valence-corrected chi connectivity index (χ1v) is 13.4. The van der Waals surface area contributed by atoms with E-state index in [2.05, 4.69) is 0 Å². The van der Waals surface area contributed by atoms with Crippen molar-refractivity contribution in [3.05, 3.63) is 137 Å². The molecule has 1 aliphatic rings. The van der Waals surface area contributed by atoms with E-state index in [1.54, 1.807) is 72.8 Å². The first-order valence-electron chi connectivity index (χ1n) is 12.0. The van der Waals surface area contributed by atoms with Crippen LogP contribution < -0.4 is 0 Å². The number of carbonyl (C=O) groups is 2. The zero-order valence-electron chi connectivity index (χ0n) is 20.3. The number of carbonyl (C=O) groups excluding carboxylic acids is 2. The molecule has 1 unspecified atom stereocenters. The summed E-state index contributed by atoms with van der Waals surface area (Å²) in [6.45, 7) is 1.89. The van der Waals surface area contributed by atoms with Gasteiger partial charge in [-0.05, 0) is 42.8 Å². The number of nitrogens with zero attached hydrogens (tertiary/aromatic N) is 2. The molecule has 1 aliphatic heterocycles. The molecule has 0 saturated carbocycles. The van der Waals surface area contributed by atoms with E-state index in [1.807, 2.05) is 37.3 Å². The standard InChI is InChI=1S/C30H22N2O5S/c1-20-15-17-22(18-16-20)38(35,36)31-19-26(23-11-7-8-14-27(23)31)28(21-9-3-2-4-10-21)37-32-29(33)24-12-5-6-13-25(24)30(32)34/h2-19,28H,1H3. The largest absolute Gasteiger partial charge is 0.285 e. The monoisotopic (exact) mass is 522 g/mol. The van der Waals surface area contributed by atoms with Crippen LogP contribution in [0, 0.1) is 6.92 Å². The van der Waals surface area contributed by atoms with Gasteiger partial charge in [0.15, 0.2) is 0 Å². The van der Waals surface area contributed by atoms with Crippen LogP contribution in [0.1, 0.15) is 43.5 Å². The van der Waals surface area contributed by atoms with Crippen molar-refractivity contribution in [3.8, 4) is 0 Å². The molecule has 0 spiro atoms. The highest BCUT2D eigenvalue weighted by Crippen LogP contribution is 2.37. The van der Waals surface area contributed by atoms with Gasteiger partial charge in [-0.15, -0.1) is 5.06 Å². The second kappa shape index (κ2) is 9.09. The number of rotatable bonds is 6. The molecule has 6 rings (SSSR count). The number of amides is 2. The number of fused-ring (bicyclic) bond motifs is 2. The molecule has 188 valence electrons. The lowest BCUT2D eigenvalue weighted by Gasteiger charge is -2.22. The third-order valence-corrected chi connectivity index (χ3v) is 8.33. The maximum Gasteiger partial charge on any atom is 0.285 e. The van der Waals surface area contributed by atoms with E-state index in [9.17, 15) is 18.0 Å². The Morgan fingerprint density at radius 3 is 1.95 bits per heavy atom. The zero-order valence-corrected chi connectivity index (χ0v) is 21.1. The highest BCUT2D eigenvalue weighted by molar-refractivity contribution is 7.90. The van der Waals surface area contributed by atoms with Gasteiger partial charge in [0, 0.05) is 17.1 Å². The first kappa shape index (κ1) is 23.8. The lowest BCUT2D eigenvalue weighted by atomic mass is 10.0. The Kier molecular flexibility index (Phi) is 5.71. The van der Waals surface area contributed by atoms with Crippen molar-refractivity contribution < 1.29 is 22.8 Å². The van der Waals surface area contributed by atoms with Gasteiger partial charge in [-0.1, -0.05) is 78.4 Å². The van der Waals surface area contributed by atoms with Crippen LogP contribution in [0.15, 0.2) is 114 Å². The Morgan fingerprint density at radius 1 is 0.711 bits per heavy atom. The van der Waals surface area contributed by atoms with Crippen molar-refractivity contribution in [2.24, 2.45) is 0 Å². The Bertz CT molecular complexity index is 1770. The van der Waals surface area contributed by atoms with Crippen LogP contribution in [0.4, 0.5) is 0 Å². The van der Waals surface area contributed by atoms with Crippen molar-refractivity contribution in [2.75, 3.05) is 0 Å². The average Bonchev–Trinajstić information content (AvgIpc) is 3.44. The molecule has 8 heteroatoms. The first-order chi connectivity index (χ1) is 18.4. The van der Waals surface area contributed by atoms with Crippen molar-refractivity contribution in [2.45, 2.75) is 17.9 Å². The molecule has 7 nitrogen and oxygen atoms in total. The Labute approximate surface area is 219 Å². The fourth-order valence-corrected chi connectivity index (χ4v) is 6.08. The normalized spacial score (nSPS) is 14.2. The summed E-state index contributed by atoms with van der Waals surface area (Å²) in [6, 6.07) is 29.3. The van der Waals surface area contributed by atoms with E-state index < -0.39 is 27.9 Å². The van der Waals surface area contributed by atoms with Gasteiger partial charge in [-0.2, -0.15) is 0 Å². The van der Waals surface area contributed by atoms with Crippen molar-refractivity contribution in [1.29, 1.82) is 0 Å². The Morgan fingerprint density at radius 2 is 1.29 bits per heavy atom. The van der Waals surface area contributed by atoms with Crippen LogP contribution in [0.5, 0.6) is 0 Å². The highest BCUT2D eigenvalue weighted by atomic mass is 32.2. The minimum Gasteiger partial charge on any atom is -0.266 e. The summed E-state index contributed by atoms with van der Waals surface area (Å²) in [5, 5.41) is 1.39. The molecule has 0 radical (unpaired) electrons. The molecule has 5 aromatic rings. The van der Waals surface area contributed by atoms with E-state index in [-0.39, 0.29) is 16.0 Å². The van der Waals surface area contributed by atoms with Gasteiger partial charge in [-0.3, -0.25) is 9.59 Å². The maximum atomic E-state index is 13.7. The minimum absolute atomic E-state index is 0.146. The molecule has 0 bridgehead atoms. The summed E-state index contributed by atoms with van der Waals surface area (Å²) in [7, 11) is -3.96. The molecule has 38 heavy (non-hydrogen) atoms. The summed E-state index contributed by atoms with van der Waals surface area (Å²) < 4.78 is 28.7. The lowest BCUT2D eigenvalue weighted by molar-refractivity contribution is -0.120. The molecule has 1 atom stereocenters. The molecule has 0 aliphatic carbocycles. The van der Waals surface area contributed by atoms with Crippen LogP contribution in [-0.2, 0) is 14.9 Å². The van der Waals surface area contributed by atoms with Gasteiger partial charge in [0.05, 0.1) is 21.5 Å². The van der Waals surface area contributed by atoms with Gasteiger partial charge in [0.25, 0.3) is 21.8 Å². The van der Waals surface area contributed by atoms with E-state index >= 15 is 0 Å². The van der Waals surface area contributed by atoms with Gasteiger partial charge in [0.1, 0.15) is 6.10 Å². The predicted octanol–water partition coefficient (Wildman–Crippen LogP) is 5.50. The van der Waals surface area contributed by atoms with Crippen molar-refractivity contribution in [3.63, 3.8) is 0 Å². The topological polar surface area (TPSA) is 85.7 Å². The van der Waals surface area contributed by atoms with Crippen LogP contribution >= 0.6 is 0 Å². The van der Waals surface area contributed by atoms with Crippen LogP contribution in [0.25, 0.3) is 10.9 Å². The van der Waals surface area contributed by atoms with E-state index in [4.69, 9.17) is 4.84 Å². The van der Waals surface area contributed by atoms with Gasteiger partial charge >= 0.3 is 0 Å². The van der Waals surface area contributed by atoms with E-state index in [0.29, 0.717) is 22.0 Å². The van der Waals surface area contributed by atoms with E-state index in [0.717, 1.165) is 10.6 Å². The van der Waals surface area contributed by atoms with Crippen molar-refractivity contribution >= 4 is 32.7 Å². The molecule has 4 aromatic carbocycles. The van der Waals surface area contributed by atoms with Gasteiger partial charge in [-0.25, -0.2) is 17.2 Å². The number of imide groups is 1. The maximum absolute atomic E-state index is 13.7. The molecule has 0 fully saturated rings. The Hall–Kier alpha value is -4.53. The molecule has 2 heterocycles. The van der Waals surface area contributed by atoms with Crippen LogP contribution in [0.3, 0.4) is 0 Å². The smallest absolute Gasteiger partial charge is 0.266 e. The molecule has 2 amide bonds. The zero-order chi connectivity index (χ0) is 26.4. The number of hydroxylamine groups is 2. The SMILES string of the molecule is Cc1ccc(S(=O)(=O)n2cc(C(ON3C(=O)c4ccccc4C3=O)c3ccccc3)c3ccccc32)cc1. The fraction of sp³-hybridized carbons (Fsp3) is 0.0667. The summed E-state index contributed by atoms with van der Waals surface area (Å²) in [6.07, 6.45) is 0.563. The quantitative estimate of drug-likeness (QED) is 0.275. The number of para-hydroxylation sites is 1. The minimum atomic E-state index is -3.96. The number of hydrogen-bond donors (Lipinski definition) is 0. The number of hydrogen-bond acceptors (Lipinski definition) is 5. The predicted molar refractivity (Wildman–Crippen MR) is 142 cm³/mol. The molecular formula is C30H22N2O5S. The third-order valence-electron chi connectivity index (χ3n) is 6.64. The second-order valence-electron chi connectivity index (χ2n) is 9.06. The Balaban J connectivity index is 1.51. The number of aryl methyl sites for hydroxylation is 1.